The molecule has 0 aliphatic rings. The van der Waals surface area contributed by atoms with E-state index in [-0.39, 0.29) is 11.9 Å². The van der Waals surface area contributed by atoms with E-state index in [1.165, 1.54) is 5.56 Å². The number of benzene rings is 2. The van der Waals surface area contributed by atoms with Crippen LogP contribution in [0.1, 0.15) is 23.6 Å². The smallest absolute Gasteiger partial charge is 0.226 e. The Bertz CT molecular complexity index is 810. The van der Waals surface area contributed by atoms with Crippen LogP contribution in [0, 0.1) is 6.92 Å². The molecule has 2 aromatic carbocycles. The zero-order chi connectivity index (χ0) is 16.9. The summed E-state index contributed by atoms with van der Waals surface area (Å²) < 4.78 is 2.07. The normalized spacial score (nSPS) is 11.9. The molecule has 1 atom stereocenters. The van der Waals surface area contributed by atoms with Crippen molar-refractivity contribution < 1.29 is 4.79 Å². The lowest BCUT2D eigenvalue weighted by molar-refractivity contribution is -0.116. The molecule has 0 saturated carbocycles. The minimum absolute atomic E-state index is 0.0301. The van der Waals surface area contributed by atoms with Crippen molar-refractivity contribution in [1.29, 1.82) is 0 Å². The van der Waals surface area contributed by atoms with Gasteiger partial charge in [-0.25, -0.2) is 0 Å². The van der Waals surface area contributed by atoms with Crippen molar-refractivity contribution in [3.63, 3.8) is 0 Å². The molecule has 0 spiro atoms. The lowest BCUT2D eigenvalue weighted by Crippen LogP contribution is -2.19. The number of hydrogen-bond acceptors (Lipinski definition) is 1. The number of aryl methyl sites for hydroxylation is 1. The molecule has 0 aliphatic carbocycles. The number of rotatable bonds is 5. The highest BCUT2D eigenvalue weighted by Gasteiger charge is 2.17. The summed E-state index contributed by atoms with van der Waals surface area (Å²) in [6, 6.07) is 19.3. The molecule has 1 amide bonds. The first-order valence-corrected chi connectivity index (χ1v) is 8.24. The van der Waals surface area contributed by atoms with Crippen LogP contribution in [0.3, 0.4) is 0 Å². The number of amides is 1. The maximum atomic E-state index is 12.5. The number of aromatic nitrogens is 1. The third-order valence-electron chi connectivity index (χ3n) is 3.92. The number of carbonyl (C=O) groups is 1. The summed E-state index contributed by atoms with van der Waals surface area (Å²) in [4.78, 5) is 12.5. The molecule has 0 saturated heterocycles. The highest BCUT2D eigenvalue weighted by molar-refractivity contribution is 6.30. The first kappa shape index (κ1) is 16.3. The van der Waals surface area contributed by atoms with Crippen LogP contribution in [-0.4, -0.2) is 10.5 Å². The van der Waals surface area contributed by atoms with Crippen molar-refractivity contribution in [2.75, 3.05) is 5.32 Å². The van der Waals surface area contributed by atoms with Crippen LogP contribution in [0.2, 0.25) is 5.02 Å². The van der Waals surface area contributed by atoms with Gasteiger partial charge in [0.15, 0.2) is 0 Å². The van der Waals surface area contributed by atoms with Gasteiger partial charge in [-0.3, -0.25) is 4.79 Å². The minimum Gasteiger partial charge on any atom is -0.346 e. The molecule has 0 aliphatic heterocycles. The van der Waals surface area contributed by atoms with Gasteiger partial charge in [-0.05, 0) is 48.9 Å². The van der Waals surface area contributed by atoms with Gasteiger partial charge in [-0.2, -0.15) is 0 Å². The highest BCUT2D eigenvalue weighted by atomic mass is 35.5. The summed E-state index contributed by atoms with van der Waals surface area (Å²) >= 11 is 5.88. The fourth-order valence-electron chi connectivity index (χ4n) is 2.75. The van der Waals surface area contributed by atoms with Crippen LogP contribution < -0.4 is 5.32 Å². The average Bonchev–Trinajstić information content (AvgIpc) is 3.09. The number of anilines is 1. The largest absolute Gasteiger partial charge is 0.346 e. The topological polar surface area (TPSA) is 34.0 Å². The molecule has 3 rings (SSSR count). The molecule has 0 fully saturated rings. The Labute approximate surface area is 146 Å². The first-order valence-electron chi connectivity index (χ1n) is 7.86. The van der Waals surface area contributed by atoms with Crippen LogP contribution in [0.25, 0.3) is 0 Å². The Balaban J connectivity index is 1.79. The van der Waals surface area contributed by atoms with Gasteiger partial charge in [-0.15, -0.1) is 0 Å². The molecule has 1 N–H and O–H groups in total. The maximum Gasteiger partial charge on any atom is 0.226 e. The number of nitrogens with one attached hydrogen (secondary N) is 1. The molecule has 3 nitrogen and oxygen atoms in total. The predicted octanol–water partition coefficient (Wildman–Crippen LogP) is 5.07. The van der Waals surface area contributed by atoms with E-state index >= 15 is 0 Å². The molecule has 0 unspecified atom stereocenters. The molecular formula is C20H19ClN2O. The van der Waals surface area contributed by atoms with Crippen LogP contribution >= 0.6 is 11.6 Å². The van der Waals surface area contributed by atoms with Crippen LogP contribution in [0.5, 0.6) is 0 Å². The minimum atomic E-state index is -0.0350. The molecule has 4 heteroatoms. The van der Waals surface area contributed by atoms with E-state index in [0.717, 1.165) is 11.3 Å². The Morgan fingerprint density at radius 1 is 1.08 bits per heavy atom. The monoisotopic (exact) mass is 338 g/mol. The highest BCUT2D eigenvalue weighted by Crippen LogP contribution is 2.24. The first-order chi connectivity index (χ1) is 11.6. The molecule has 0 radical (unpaired) electrons. The van der Waals surface area contributed by atoms with Crippen LogP contribution in [-0.2, 0) is 4.79 Å². The summed E-state index contributed by atoms with van der Waals surface area (Å²) in [6.07, 6.45) is 4.34. The fourth-order valence-corrected chi connectivity index (χ4v) is 2.88. The van der Waals surface area contributed by atoms with Crippen molar-refractivity contribution in [3.05, 3.63) is 89.2 Å². The van der Waals surface area contributed by atoms with Gasteiger partial charge in [0, 0.05) is 23.1 Å². The van der Waals surface area contributed by atoms with Gasteiger partial charge >= 0.3 is 0 Å². The van der Waals surface area contributed by atoms with Crippen molar-refractivity contribution in [2.45, 2.75) is 19.4 Å². The van der Waals surface area contributed by atoms with E-state index in [1.54, 1.807) is 24.3 Å². The molecule has 3 aromatic rings. The summed E-state index contributed by atoms with van der Waals surface area (Å²) in [5.41, 5.74) is 3.06. The van der Waals surface area contributed by atoms with Crippen LogP contribution in [0.4, 0.5) is 5.69 Å². The summed E-state index contributed by atoms with van der Waals surface area (Å²) in [5.74, 6) is -0.0301. The van der Waals surface area contributed by atoms with E-state index < -0.39 is 0 Å². The number of halogens is 1. The molecular weight excluding hydrogens is 320 g/mol. The van der Waals surface area contributed by atoms with E-state index in [4.69, 9.17) is 11.6 Å². The molecule has 1 heterocycles. The average molecular weight is 339 g/mol. The van der Waals surface area contributed by atoms with E-state index in [1.807, 2.05) is 30.6 Å². The zero-order valence-corrected chi connectivity index (χ0v) is 14.2. The third-order valence-corrected chi connectivity index (χ3v) is 4.17. The third kappa shape index (κ3) is 4.06. The van der Waals surface area contributed by atoms with Gasteiger partial charge in [0.25, 0.3) is 0 Å². The van der Waals surface area contributed by atoms with Gasteiger partial charge in [-0.1, -0.05) is 41.4 Å². The Morgan fingerprint density at radius 2 is 1.79 bits per heavy atom. The second-order valence-corrected chi connectivity index (χ2v) is 6.26. The molecule has 122 valence electrons. The van der Waals surface area contributed by atoms with E-state index in [9.17, 15) is 4.79 Å². The Hall–Kier alpha value is -2.52. The fraction of sp³-hybridized carbons (Fsp3) is 0.150. The Kier molecular flexibility index (Phi) is 5.02. The summed E-state index contributed by atoms with van der Waals surface area (Å²) in [5, 5.41) is 3.59. The van der Waals surface area contributed by atoms with E-state index in [2.05, 4.69) is 35.0 Å². The van der Waals surface area contributed by atoms with Crippen LogP contribution in [0.15, 0.2) is 73.1 Å². The second kappa shape index (κ2) is 7.37. The zero-order valence-electron chi connectivity index (χ0n) is 13.4. The molecule has 24 heavy (non-hydrogen) atoms. The quantitative estimate of drug-likeness (QED) is 0.692. The molecule has 1 aromatic heterocycles. The van der Waals surface area contributed by atoms with Gasteiger partial charge in [0.2, 0.25) is 5.91 Å². The van der Waals surface area contributed by atoms with E-state index in [0.29, 0.717) is 11.4 Å². The summed E-state index contributed by atoms with van der Waals surface area (Å²) in [7, 11) is 0. The Morgan fingerprint density at radius 3 is 2.46 bits per heavy atom. The lowest BCUT2D eigenvalue weighted by atomic mass is 10.0. The second-order valence-electron chi connectivity index (χ2n) is 5.82. The number of nitrogens with zero attached hydrogens (tertiary/aromatic N) is 1. The van der Waals surface area contributed by atoms with Crippen molar-refractivity contribution in [2.24, 2.45) is 0 Å². The number of hydrogen-bond donors (Lipinski definition) is 1. The SMILES string of the molecule is Cc1cccc([C@H](CC(=O)Nc2ccc(Cl)cc2)n2cccc2)c1. The van der Waals surface area contributed by atoms with Gasteiger partial charge in [0.05, 0.1) is 12.5 Å². The lowest BCUT2D eigenvalue weighted by Gasteiger charge is -2.20. The van der Waals surface area contributed by atoms with Crippen molar-refractivity contribution >= 4 is 23.2 Å². The maximum absolute atomic E-state index is 12.5. The molecule has 0 bridgehead atoms. The predicted molar refractivity (Wildman–Crippen MR) is 98.4 cm³/mol. The van der Waals surface area contributed by atoms with Gasteiger partial charge in [0.1, 0.15) is 0 Å². The van der Waals surface area contributed by atoms with Crippen molar-refractivity contribution in [3.8, 4) is 0 Å². The van der Waals surface area contributed by atoms with Gasteiger partial charge < -0.3 is 9.88 Å². The standard InChI is InChI=1S/C20H19ClN2O/c1-15-5-4-6-16(13-15)19(23-11-2-3-12-23)14-20(24)22-18-9-7-17(21)8-10-18/h2-13,19H,14H2,1H3,(H,22,24)/t19-/m0/s1. The van der Waals surface area contributed by atoms with Crippen molar-refractivity contribution in [1.82, 2.24) is 4.57 Å². The summed E-state index contributed by atoms with van der Waals surface area (Å²) in [6.45, 7) is 2.06. The number of carbonyl (C=O) groups excluding carboxylic acids is 1.